The van der Waals surface area contributed by atoms with E-state index in [-0.39, 0.29) is 0 Å². The molecule has 4 aromatic carbocycles. The molecule has 0 radical (unpaired) electrons. The van der Waals surface area contributed by atoms with Gasteiger partial charge in [-0.3, -0.25) is 0 Å². The van der Waals surface area contributed by atoms with Gasteiger partial charge in [-0.05, 0) is 29.3 Å². The summed E-state index contributed by atoms with van der Waals surface area (Å²) in [6, 6.07) is 39.3. The minimum absolute atomic E-state index is 0.636. The number of hydrogen-bond donors (Lipinski definition) is 0. The Balaban J connectivity index is 1.50. The van der Waals surface area contributed by atoms with E-state index in [4.69, 9.17) is 15.0 Å². The van der Waals surface area contributed by atoms with Gasteiger partial charge in [0.1, 0.15) is 5.69 Å². The van der Waals surface area contributed by atoms with Crippen LogP contribution in [-0.4, -0.2) is 15.0 Å². The fraction of sp³-hybridized carbons (Fsp3) is 0. The first-order chi connectivity index (χ1) is 15.8. The summed E-state index contributed by atoms with van der Waals surface area (Å²) in [5.41, 5.74) is 6.99. The molecule has 0 aliphatic rings. The molecule has 0 N–H and O–H groups in total. The number of pyridine rings is 1. The Labute approximate surface area is 186 Å². The van der Waals surface area contributed by atoms with Gasteiger partial charge in [0.2, 0.25) is 0 Å². The van der Waals surface area contributed by atoms with Gasteiger partial charge in [-0.2, -0.15) is 0 Å². The molecule has 0 unspecified atom stereocenters. The number of aromatic nitrogens is 3. The first-order valence-corrected chi connectivity index (χ1v) is 10.6. The lowest BCUT2D eigenvalue weighted by atomic mass is 10.0. The molecule has 0 spiro atoms. The van der Waals surface area contributed by atoms with E-state index in [1.165, 1.54) is 11.1 Å². The van der Waals surface area contributed by atoms with Gasteiger partial charge < -0.3 is 0 Å². The Morgan fingerprint density at radius 2 is 1.06 bits per heavy atom. The molecular formula is C29H19N3. The number of hydrogen-bond acceptors (Lipinski definition) is 3. The number of rotatable bonds is 3. The molecule has 0 aliphatic heterocycles. The van der Waals surface area contributed by atoms with E-state index in [9.17, 15) is 0 Å². The van der Waals surface area contributed by atoms with E-state index in [0.29, 0.717) is 5.82 Å². The first-order valence-electron chi connectivity index (χ1n) is 10.6. The number of nitrogens with zero attached hydrogens (tertiary/aromatic N) is 3. The van der Waals surface area contributed by atoms with Crippen LogP contribution in [0.25, 0.3) is 55.7 Å². The van der Waals surface area contributed by atoms with E-state index in [1.807, 2.05) is 48.5 Å². The van der Waals surface area contributed by atoms with Crippen molar-refractivity contribution in [1.29, 1.82) is 0 Å². The van der Waals surface area contributed by atoms with E-state index in [2.05, 4.69) is 66.7 Å². The van der Waals surface area contributed by atoms with Crippen LogP contribution in [0.15, 0.2) is 115 Å². The Hall–Kier alpha value is -4.37. The van der Waals surface area contributed by atoms with Crippen LogP contribution < -0.4 is 0 Å². The third-order valence-corrected chi connectivity index (χ3v) is 5.70. The van der Waals surface area contributed by atoms with Crippen LogP contribution in [-0.2, 0) is 0 Å². The van der Waals surface area contributed by atoms with Gasteiger partial charge >= 0.3 is 0 Å². The minimum Gasteiger partial charge on any atom is -0.244 e. The highest BCUT2D eigenvalue weighted by atomic mass is 14.9. The molecule has 2 heterocycles. The SMILES string of the molecule is c1ccc(-c2ccc(-c3nc(-c4ccc5ccccc5n4)nc4ccccc34)cc2)cc1. The average molecular weight is 409 g/mol. The maximum atomic E-state index is 4.98. The number of para-hydroxylation sites is 2. The van der Waals surface area contributed by atoms with Gasteiger partial charge in [-0.1, -0.05) is 97.1 Å². The zero-order valence-corrected chi connectivity index (χ0v) is 17.3. The Morgan fingerprint density at radius 3 is 1.91 bits per heavy atom. The highest BCUT2D eigenvalue weighted by Gasteiger charge is 2.13. The predicted octanol–water partition coefficient (Wildman–Crippen LogP) is 7.18. The van der Waals surface area contributed by atoms with Crippen molar-refractivity contribution in [3.8, 4) is 33.9 Å². The molecule has 0 saturated heterocycles. The molecule has 150 valence electrons. The van der Waals surface area contributed by atoms with Crippen molar-refractivity contribution in [3.05, 3.63) is 115 Å². The van der Waals surface area contributed by atoms with Crippen LogP contribution in [0.2, 0.25) is 0 Å². The Kier molecular flexibility index (Phi) is 4.43. The van der Waals surface area contributed by atoms with Crippen LogP contribution in [0.3, 0.4) is 0 Å². The fourth-order valence-corrected chi connectivity index (χ4v) is 4.05. The van der Waals surface area contributed by atoms with Crippen LogP contribution >= 0.6 is 0 Å². The zero-order chi connectivity index (χ0) is 21.3. The van der Waals surface area contributed by atoms with Crippen LogP contribution in [0.4, 0.5) is 0 Å². The minimum atomic E-state index is 0.636. The molecule has 2 aromatic heterocycles. The van der Waals surface area contributed by atoms with E-state index in [1.54, 1.807) is 0 Å². The largest absolute Gasteiger partial charge is 0.244 e. The summed E-state index contributed by atoms with van der Waals surface area (Å²) in [7, 11) is 0. The number of benzene rings is 4. The van der Waals surface area contributed by atoms with Crippen molar-refractivity contribution in [3.63, 3.8) is 0 Å². The normalized spacial score (nSPS) is 11.1. The lowest BCUT2D eigenvalue weighted by Crippen LogP contribution is -1.97. The second-order valence-electron chi connectivity index (χ2n) is 7.75. The standard InChI is InChI=1S/C29H19N3/c1-2-8-20(9-3-1)21-14-16-23(17-15-21)28-24-11-5-7-13-26(24)31-29(32-28)27-19-18-22-10-4-6-12-25(22)30-27/h1-19H. The highest BCUT2D eigenvalue weighted by molar-refractivity contribution is 5.94. The van der Waals surface area contributed by atoms with Crippen molar-refractivity contribution >= 4 is 21.8 Å². The summed E-state index contributed by atoms with van der Waals surface area (Å²) in [5, 5.41) is 2.14. The summed E-state index contributed by atoms with van der Waals surface area (Å²) in [4.78, 5) is 14.6. The molecule has 3 nitrogen and oxygen atoms in total. The fourth-order valence-electron chi connectivity index (χ4n) is 4.05. The third kappa shape index (κ3) is 3.30. The summed E-state index contributed by atoms with van der Waals surface area (Å²) < 4.78 is 0. The summed E-state index contributed by atoms with van der Waals surface area (Å²) >= 11 is 0. The van der Waals surface area contributed by atoms with Crippen molar-refractivity contribution in [1.82, 2.24) is 15.0 Å². The topological polar surface area (TPSA) is 38.7 Å². The summed E-state index contributed by atoms with van der Waals surface area (Å²) in [6.45, 7) is 0. The summed E-state index contributed by atoms with van der Waals surface area (Å²) in [5.74, 6) is 0.636. The van der Waals surface area contributed by atoms with E-state index in [0.717, 1.165) is 38.8 Å². The first kappa shape index (κ1) is 18.4. The maximum Gasteiger partial charge on any atom is 0.179 e. The molecule has 0 aliphatic carbocycles. The Bertz CT molecular complexity index is 1560. The molecule has 3 heteroatoms. The molecule has 32 heavy (non-hydrogen) atoms. The van der Waals surface area contributed by atoms with Gasteiger partial charge in [0.25, 0.3) is 0 Å². The zero-order valence-electron chi connectivity index (χ0n) is 17.3. The van der Waals surface area contributed by atoms with Gasteiger partial charge in [-0.25, -0.2) is 15.0 Å². The van der Waals surface area contributed by atoms with Crippen LogP contribution in [0.1, 0.15) is 0 Å². The van der Waals surface area contributed by atoms with Crippen molar-refractivity contribution in [2.45, 2.75) is 0 Å². The smallest absolute Gasteiger partial charge is 0.179 e. The van der Waals surface area contributed by atoms with Crippen molar-refractivity contribution in [2.75, 3.05) is 0 Å². The molecule has 0 fully saturated rings. The second kappa shape index (κ2) is 7.71. The van der Waals surface area contributed by atoms with Crippen molar-refractivity contribution < 1.29 is 0 Å². The lowest BCUT2D eigenvalue weighted by Gasteiger charge is -2.10. The molecule has 6 rings (SSSR count). The highest BCUT2D eigenvalue weighted by Crippen LogP contribution is 2.30. The van der Waals surface area contributed by atoms with Crippen LogP contribution in [0.5, 0.6) is 0 Å². The van der Waals surface area contributed by atoms with Crippen LogP contribution in [0, 0.1) is 0 Å². The quantitative estimate of drug-likeness (QED) is 0.311. The van der Waals surface area contributed by atoms with Gasteiger partial charge in [0, 0.05) is 16.3 Å². The van der Waals surface area contributed by atoms with Crippen molar-refractivity contribution in [2.24, 2.45) is 0 Å². The lowest BCUT2D eigenvalue weighted by molar-refractivity contribution is 1.19. The van der Waals surface area contributed by atoms with E-state index >= 15 is 0 Å². The third-order valence-electron chi connectivity index (χ3n) is 5.70. The average Bonchev–Trinajstić information content (AvgIpc) is 2.88. The van der Waals surface area contributed by atoms with E-state index < -0.39 is 0 Å². The maximum absolute atomic E-state index is 4.98. The Morgan fingerprint density at radius 1 is 0.406 bits per heavy atom. The summed E-state index contributed by atoms with van der Waals surface area (Å²) in [6.07, 6.45) is 0. The molecular weight excluding hydrogens is 390 g/mol. The molecule has 0 atom stereocenters. The monoisotopic (exact) mass is 409 g/mol. The number of fused-ring (bicyclic) bond motifs is 2. The molecule has 0 saturated carbocycles. The molecule has 0 amide bonds. The predicted molar refractivity (Wildman–Crippen MR) is 131 cm³/mol. The molecule has 0 bridgehead atoms. The molecule has 6 aromatic rings. The van der Waals surface area contributed by atoms with Gasteiger partial charge in [0.05, 0.1) is 16.7 Å². The van der Waals surface area contributed by atoms with Gasteiger partial charge in [0.15, 0.2) is 5.82 Å². The van der Waals surface area contributed by atoms with Gasteiger partial charge in [-0.15, -0.1) is 0 Å². The second-order valence-corrected chi connectivity index (χ2v) is 7.75.